The average Bonchev–Trinajstić information content (AvgIpc) is 3.27. The highest BCUT2D eigenvalue weighted by Crippen LogP contribution is 2.55. The van der Waals surface area contributed by atoms with Gasteiger partial charge >= 0.3 is 5.97 Å². The number of nitrogens with zero attached hydrogens (tertiary/aromatic N) is 3. The van der Waals surface area contributed by atoms with Crippen LogP contribution < -0.4 is 33.0 Å². The number of carboxylic acid groups (broad SMARTS) is 1. The summed E-state index contributed by atoms with van der Waals surface area (Å²) in [6.45, 7) is 0. The molecule has 0 aliphatic carbocycles. The topological polar surface area (TPSA) is 68.0 Å². The number of halogens is 1. The molecule has 0 spiro atoms. The van der Waals surface area contributed by atoms with Gasteiger partial charge in [-0.2, -0.15) is 0 Å². The van der Waals surface area contributed by atoms with Crippen LogP contribution in [0.2, 0.25) is 0 Å². The number of carbonyl (C=O) groups is 1. The van der Waals surface area contributed by atoms with E-state index in [4.69, 9.17) is 5.11 Å². The third-order valence-corrected chi connectivity index (χ3v) is 10.6. The van der Waals surface area contributed by atoms with Gasteiger partial charge in [0.2, 0.25) is 5.44 Å². The van der Waals surface area contributed by atoms with Gasteiger partial charge in [-0.1, -0.05) is 85.2 Å². The summed E-state index contributed by atoms with van der Waals surface area (Å²) in [6.07, 6.45) is 13.9. The van der Waals surface area contributed by atoms with Crippen LogP contribution in [-0.2, 0) is 11.8 Å². The van der Waals surface area contributed by atoms with Crippen LogP contribution >= 0.6 is 7.26 Å². The number of hydrogen-bond acceptors (Lipinski definition) is 3. The number of unbranched alkanes of at least 4 members (excludes halogenated alkanes) is 8. The van der Waals surface area contributed by atoms with E-state index in [9.17, 15) is 4.79 Å². The summed E-state index contributed by atoms with van der Waals surface area (Å²) in [4.78, 5) is 10.6. The van der Waals surface area contributed by atoms with Gasteiger partial charge in [-0.25, -0.2) is 0 Å². The molecule has 1 aromatic heterocycles. The third kappa shape index (κ3) is 8.02. The largest absolute Gasteiger partial charge is 1.00 e. The summed E-state index contributed by atoms with van der Waals surface area (Å²) < 4.78 is 1.83. The summed E-state index contributed by atoms with van der Waals surface area (Å²) >= 11 is 0. The van der Waals surface area contributed by atoms with E-state index in [-0.39, 0.29) is 17.0 Å². The van der Waals surface area contributed by atoms with Gasteiger partial charge in [-0.05, 0) is 43.5 Å². The molecule has 1 heterocycles. The summed E-state index contributed by atoms with van der Waals surface area (Å²) in [7, 11) is 0.0903. The van der Waals surface area contributed by atoms with E-state index in [0.717, 1.165) is 30.9 Å². The van der Waals surface area contributed by atoms with Crippen molar-refractivity contribution in [1.82, 2.24) is 15.0 Å². The number of aromatic nitrogens is 3. The fourth-order valence-electron chi connectivity index (χ4n) is 4.52. The fourth-order valence-corrected chi connectivity index (χ4v) is 8.71. The van der Waals surface area contributed by atoms with Crippen LogP contribution in [0.5, 0.6) is 0 Å². The van der Waals surface area contributed by atoms with Gasteiger partial charge < -0.3 is 22.1 Å². The summed E-state index contributed by atoms with van der Waals surface area (Å²) in [5.41, 5.74) is 1.11. The SMILES string of the molecule is Cn1cc([P+](CCCCCCCCCCCC(=O)O)(c2ccccc2)c2ccccc2)nn1.[Br-]. The highest BCUT2D eigenvalue weighted by Gasteiger charge is 2.47. The van der Waals surface area contributed by atoms with Crippen molar-refractivity contribution >= 4 is 29.3 Å². The second-order valence-corrected chi connectivity index (χ2v) is 12.3. The Labute approximate surface area is 215 Å². The third-order valence-electron chi connectivity index (χ3n) is 6.26. The Morgan fingerprint density at radius 1 is 0.794 bits per heavy atom. The van der Waals surface area contributed by atoms with Gasteiger partial charge in [0.1, 0.15) is 17.9 Å². The van der Waals surface area contributed by atoms with E-state index in [1.54, 1.807) is 0 Å². The molecule has 7 heteroatoms. The molecule has 0 saturated carbocycles. The monoisotopic (exact) mass is 545 g/mol. The first kappa shape index (κ1) is 28.2. The van der Waals surface area contributed by atoms with E-state index in [0.29, 0.717) is 6.42 Å². The van der Waals surface area contributed by atoms with Crippen molar-refractivity contribution in [2.75, 3.05) is 6.16 Å². The molecule has 0 atom stereocenters. The molecule has 3 aromatic rings. The molecular formula is C27H37BrN3O2P. The van der Waals surface area contributed by atoms with Gasteiger partial charge in [0.15, 0.2) is 0 Å². The number of hydrogen-bond donors (Lipinski definition) is 1. The molecule has 184 valence electrons. The second-order valence-electron chi connectivity index (χ2n) is 8.78. The molecule has 0 aliphatic heterocycles. The van der Waals surface area contributed by atoms with Crippen LogP contribution in [0.3, 0.4) is 0 Å². The molecule has 2 aromatic carbocycles. The predicted molar refractivity (Wildman–Crippen MR) is 138 cm³/mol. The Bertz CT molecular complexity index is 927. The average molecular weight is 546 g/mol. The fraction of sp³-hybridized carbons (Fsp3) is 0.444. The molecule has 34 heavy (non-hydrogen) atoms. The quantitative estimate of drug-likeness (QED) is 0.234. The zero-order chi connectivity index (χ0) is 23.4. The van der Waals surface area contributed by atoms with E-state index in [2.05, 4.69) is 77.2 Å². The molecular weight excluding hydrogens is 509 g/mol. The van der Waals surface area contributed by atoms with Crippen LogP contribution in [0, 0.1) is 0 Å². The number of rotatable bonds is 15. The molecule has 0 fully saturated rings. The van der Waals surface area contributed by atoms with E-state index < -0.39 is 13.2 Å². The van der Waals surface area contributed by atoms with Crippen LogP contribution in [0.1, 0.15) is 64.2 Å². The smallest absolute Gasteiger partial charge is 0.303 e. The first-order valence-electron chi connectivity index (χ1n) is 12.2. The summed E-state index contributed by atoms with van der Waals surface area (Å²) in [5, 5.41) is 20.4. The molecule has 1 N–H and O–H groups in total. The highest BCUT2D eigenvalue weighted by atomic mass is 79.9. The first-order valence-corrected chi connectivity index (χ1v) is 14.2. The maximum atomic E-state index is 10.6. The lowest BCUT2D eigenvalue weighted by atomic mass is 10.1. The van der Waals surface area contributed by atoms with Gasteiger partial charge in [0.25, 0.3) is 0 Å². The summed E-state index contributed by atoms with van der Waals surface area (Å²) in [5.74, 6) is -0.679. The van der Waals surface area contributed by atoms with Crippen LogP contribution in [0.25, 0.3) is 0 Å². The molecule has 0 bridgehead atoms. The maximum absolute atomic E-state index is 10.6. The van der Waals surface area contributed by atoms with Gasteiger partial charge in [-0.15, -0.1) is 0 Å². The lowest BCUT2D eigenvalue weighted by Crippen LogP contribution is -3.00. The Morgan fingerprint density at radius 2 is 1.26 bits per heavy atom. The van der Waals surface area contributed by atoms with Crippen molar-refractivity contribution in [1.29, 1.82) is 0 Å². The Morgan fingerprint density at radius 3 is 1.71 bits per heavy atom. The molecule has 0 aliphatic rings. The van der Waals surface area contributed by atoms with Gasteiger partial charge in [-0.3, -0.25) is 9.48 Å². The molecule has 3 rings (SSSR count). The Kier molecular flexibility index (Phi) is 12.5. The van der Waals surface area contributed by atoms with Crippen molar-refractivity contribution in [3.8, 4) is 0 Å². The highest BCUT2D eigenvalue weighted by molar-refractivity contribution is 7.95. The zero-order valence-corrected chi connectivity index (χ0v) is 22.6. The minimum atomic E-state index is -1.86. The second kappa shape index (κ2) is 15.1. The van der Waals surface area contributed by atoms with Crippen molar-refractivity contribution in [2.24, 2.45) is 7.05 Å². The number of carboxylic acids is 1. The van der Waals surface area contributed by atoms with Crippen molar-refractivity contribution in [3.05, 3.63) is 66.9 Å². The standard InChI is InChI=1S/C27H36N3O2P.BrH/c1-30-23-26(28-29-30)33(24-17-11-9-12-18-24,25-19-13-10-14-20-25)22-16-8-6-4-2-3-5-7-15-21-27(31)32;/h9-14,17-20,23H,2-8,15-16,21-22H2,1H3;1H. The molecule has 0 radical (unpaired) electrons. The minimum absolute atomic E-state index is 0. The zero-order valence-electron chi connectivity index (χ0n) is 20.2. The van der Waals surface area contributed by atoms with Crippen LogP contribution in [0.15, 0.2) is 66.9 Å². The lowest BCUT2D eigenvalue weighted by molar-refractivity contribution is -0.137. The minimum Gasteiger partial charge on any atom is -1.00 e. The van der Waals surface area contributed by atoms with Crippen LogP contribution in [0.4, 0.5) is 0 Å². The van der Waals surface area contributed by atoms with E-state index in [1.165, 1.54) is 49.1 Å². The molecule has 0 amide bonds. The molecule has 0 saturated heterocycles. The normalized spacial score (nSPS) is 11.2. The Balaban J connectivity index is 0.00000408. The summed E-state index contributed by atoms with van der Waals surface area (Å²) in [6, 6.07) is 21.8. The van der Waals surface area contributed by atoms with Gasteiger partial charge in [0, 0.05) is 13.5 Å². The van der Waals surface area contributed by atoms with E-state index >= 15 is 0 Å². The number of benzene rings is 2. The first-order chi connectivity index (χ1) is 16.1. The maximum Gasteiger partial charge on any atom is 0.303 e. The van der Waals surface area contributed by atoms with E-state index in [1.807, 2.05) is 11.7 Å². The van der Waals surface area contributed by atoms with Gasteiger partial charge in [0.05, 0.1) is 12.4 Å². The molecule has 5 nitrogen and oxygen atoms in total. The predicted octanol–water partition coefficient (Wildman–Crippen LogP) is 2.10. The Hall–Kier alpha value is -2.04. The van der Waals surface area contributed by atoms with Crippen molar-refractivity contribution in [3.63, 3.8) is 0 Å². The van der Waals surface area contributed by atoms with Crippen molar-refractivity contribution in [2.45, 2.75) is 64.2 Å². The van der Waals surface area contributed by atoms with Crippen LogP contribution in [-0.4, -0.2) is 32.2 Å². The molecule has 0 unspecified atom stereocenters. The van der Waals surface area contributed by atoms with Crippen molar-refractivity contribution < 1.29 is 26.9 Å². The number of aliphatic carboxylic acids is 1. The lowest BCUT2D eigenvalue weighted by Gasteiger charge is -2.25. The number of aryl methyl sites for hydroxylation is 1.